The molecular weight excluding hydrogens is 216 g/mol. The van der Waals surface area contributed by atoms with Crippen molar-refractivity contribution >= 4 is 20.4 Å². The first kappa shape index (κ1) is 9.49. The molecular formula is C10H11BrO. The zero-order valence-electron chi connectivity index (χ0n) is 6.92. The summed E-state index contributed by atoms with van der Waals surface area (Å²) in [4.78, 5) is 0. The highest BCUT2D eigenvalue weighted by Gasteiger charge is 1.99. The SMILES string of the molecule is C/C(CO)=C(/Br)c1ccccc1. The van der Waals surface area contributed by atoms with Gasteiger partial charge < -0.3 is 5.11 Å². The van der Waals surface area contributed by atoms with Crippen molar-refractivity contribution in [3.8, 4) is 0 Å². The molecule has 0 aliphatic rings. The topological polar surface area (TPSA) is 20.2 Å². The summed E-state index contributed by atoms with van der Waals surface area (Å²) >= 11 is 3.43. The molecule has 64 valence electrons. The third-order valence-corrected chi connectivity index (χ3v) is 2.77. The standard InChI is InChI=1S/C10H11BrO/c1-8(7-12)10(11)9-5-3-2-4-6-9/h2-6,12H,7H2,1H3/b10-8-. The fourth-order valence-corrected chi connectivity index (χ4v) is 1.29. The summed E-state index contributed by atoms with van der Waals surface area (Å²) in [5.41, 5.74) is 2.05. The zero-order valence-corrected chi connectivity index (χ0v) is 8.51. The molecule has 1 aromatic rings. The molecule has 0 aliphatic carbocycles. The Hall–Kier alpha value is -0.600. The smallest absolute Gasteiger partial charge is 0.0653 e. The van der Waals surface area contributed by atoms with Gasteiger partial charge in [0, 0.05) is 4.48 Å². The van der Waals surface area contributed by atoms with Crippen LogP contribution < -0.4 is 0 Å². The van der Waals surface area contributed by atoms with E-state index >= 15 is 0 Å². The second-order valence-corrected chi connectivity index (χ2v) is 3.41. The highest BCUT2D eigenvalue weighted by Crippen LogP contribution is 2.24. The molecule has 0 saturated heterocycles. The van der Waals surface area contributed by atoms with Crippen LogP contribution in [0.1, 0.15) is 12.5 Å². The molecule has 12 heavy (non-hydrogen) atoms. The van der Waals surface area contributed by atoms with Gasteiger partial charge in [0.2, 0.25) is 0 Å². The zero-order chi connectivity index (χ0) is 8.97. The number of aliphatic hydroxyl groups excluding tert-OH is 1. The van der Waals surface area contributed by atoms with E-state index in [4.69, 9.17) is 5.11 Å². The van der Waals surface area contributed by atoms with Crippen LogP contribution in [-0.2, 0) is 0 Å². The van der Waals surface area contributed by atoms with Gasteiger partial charge in [0.1, 0.15) is 0 Å². The van der Waals surface area contributed by atoms with Gasteiger partial charge >= 0.3 is 0 Å². The molecule has 1 N–H and O–H groups in total. The van der Waals surface area contributed by atoms with Crippen molar-refractivity contribution in [3.05, 3.63) is 41.5 Å². The third kappa shape index (κ3) is 2.19. The normalized spacial score (nSPS) is 12.6. The molecule has 2 heteroatoms. The number of hydrogen-bond acceptors (Lipinski definition) is 1. The second kappa shape index (κ2) is 4.43. The number of aliphatic hydroxyl groups is 1. The molecule has 0 atom stereocenters. The molecule has 0 bridgehead atoms. The van der Waals surface area contributed by atoms with Gasteiger partial charge in [-0.2, -0.15) is 0 Å². The minimum Gasteiger partial charge on any atom is -0.392 e. The Kier molecular flexibility index (Phi) is 3.50. The summed E-state index contributed by atoms with van der Waals surface area (Å²) in [6, 6.07) is 9.92. The maximum atomic E-state index is 8.88. The first-order chi connectivity index (χ1) is 5.75. The molecule has 1 rings (SSSR count). The van der Waals surface area contributed by atoms with Crippen molar-refractivity contribution in [3.63, 3.8) is 0 Å². The van der Waals surface area contributed by atoms with Crippen molar-refractivity contribution in [2.24, 2.45) is 0 Å². The van der Waals surface area contributed by atoms with Crippen molar-refractivity contribution in [1.82, 2.24) is 0 Å². The van der Waals surface area contributed by atoms with Crippen molar-refractivity contribution in [2.45, 2.75) is 6.92 Å². The Labute approximate surface area is 80.9 Å². The maximum Gasteiger partial charge on any atom is 0.0653 e. The van der Waals surface area contributed by atoms with Crippen LogP contribution in [0, 0.1) is 0 Å². The van der Waals surface area contributed by atoms with Gasteiger partial charge in [-0.05, 0) is 18.1 Å². The van der Waals surface area contributed by atoms with Crippen LogP contribution in [0.2, 0.25) is 0 Å². The van der Waals surface area contributed by atoms with Crippen molar-refractivity contribution in [1.29, 1.82) is 0 Å². The van der Waals surface area contributed by atoms with E-state index in [1.807, 2.05) is 37.3 Å². The number of hydrogen-bond donors (Lipinski definition) is 1. The Morgan fingerprint density at radius 1 is 1.33 bits per heavy atom. The number of halogens is 1. The minimum absolute atomic E-state index is 0.0927. The first-order valence-corrected chi connectivity index (χ1v) is 4.56. The van der Waals surface area contributed by atoms with Crippen molar-refractivity contribution < 1.29 is 5.11 Å². The van der Waals surface area contributed by atoms with Crippen LogP contribution in [0.25, 0.3) is 4.48 Å². The van der Waals surface area contributed by atoms with Gasteiger partial charge in [0.25, 0.3) is 0 Å². The van der Waals surface area contributed by atoms with E-state index in [2.05, 4.69) is 15.9 Å². The quantitative estimate of drug-likeness (QED) is 0.823. The fraction of sp³-hybridized carbons (Fsp3) is 0.200. The van der Waals surface area contributed by atoms with Gasteiger partial charge in [0.05, 0.1) is 6.61 Å². The summed E-state index contributed by atoms with van der Waals surface area (Å²) in [7, 11) is 0. The maximum absolute atomic E-state index is 8.88. The molecule has 0 saturated carbocycles. The number of rotatable bonds is 2. The summed E-state index contributed by atoms with van der Waals surface area (Å²) in [6.07, 6.45) is 0. The van der Waals surface area contributed by atoms with E-state index in [-0.39, 0.29) is 6.61 Å². The van der Waals surface area contributed by atoms with Crippen LogP contribution >= 0.6 is 15.9 Å². The summed E-state index contributed by atoms with van der Waals surface area (Å²) in [6.45, 7) is 1.99. The Morgan fingerprint density at radius 3 is 2.42 bits per heavy atom. The lowest BCUT2D eigenvalue weighted by atomic mass is 10.1. The van der Waals surface area contributed by atoms with E-state index in [1.54, 1.807) is 0 Å². The first-order valence-electron chi connectivity index (χ1n) is 3.77. The highest BCUT2D eigenvalue weighted by atomic mass is 79.9. The average Bonchev–Trinajstić information content (AvgIpc) is 2.17. The molecule has 0 aromatic heterocycles. The molecule has 0 heterocycles. The van der Waals surface area contributed by atoms with Crippen LogP contribution in [0.5, 0.6) is 0 Å². The predicted molar refractivity (Wildman–Crippen MR) is 55.0 cm³/mol. The lowest BCUT2D eigenvalue weighted by Crippen LogP contribution is -1.87. The Morgan fingerprint density at radius 2 is 1.92 bits per heavy atom. The summed E-state index contributed by atoms with van der Waals surface area (Å²) in [5.74, 6) is 0. The van der Waals surface area contributed by atoms with Crippen LogP contribution in [0.3, 0.4) is 0 Å². The van der Waals surface area contributed by atoms with E-state index in [1.165, 1.54) is 0 Å². The van der Waals surface area contributed by atoms with Crippen LogP contribution in [0.15, 0.2) is 35.9 Å². The lowest BCUT2D eigenvalue weighted by molar-refractivity contribution is 0.332. The highest BCUT2D eigenvalue weighted by molar-refractivity contribution is 9.15. The second-order valence-electron chi connectivity index (χ2n) is 2.62. The minimum atomic E-state index is 0.0927. The van der Waals surface area contributed by atoms with Gasteiger partial charge in [-0.3, -0.25) is 0 Å². The third-order valence-electron chi connectivity index (χ3n) is 1.64. The monoisotopic (exact) mass is 226 g/mol. The predicted octanol–water partition coefficient (Wildman–Crippen LogP) is 2.80. The molecule has 0 amide bonds. The average molecular weight is 227 g/mol. The molecule has 0 spiro atoms. The fourth-order valence-electron chi connectivity index (χ4n) is 0.900. The molecule has 1 nitrogen and oxygen atoms in total. The van der Waals surface area contributed by atoms with Gasteiger partial charge in [-0.15, -0.1) is 0 Å². The lowest BCUT2D eigenvalue weighted by Gasteiger charge is -2.02. The van der Waals surface area contributed by atoms with E-state index in [0.717, 1.165) is 15.6 Å². The van der Waals surface area contributed by atoms with Crippen molar-refractivity contribution in [2.75, 3.05) is 6.61 Å². The van der Waals surface area contributed by atoms with E-state index < -0.39 is 0 Å². The molecule has 1 aromatic carbocycles. The van der Waals surface area contributed by atoms with Gasteiger partial charge in [-0.25, -0.2) is 0 Å². The number of benzene rings is 1. The van der Waals surface area contributed by atoms with E-state index in [0.29, 0.717) is 0 Å². The molecule has 0 unspecified atom stereocenters. The molecule has 0 radical (unpaired) electrons. The Balaban J connectivity index is 3.00. The van der Waals surface area contributed by atoms with Gasteiger partial charge in [0.15, 0.2) is 0 Å². The molecule has 0 aliphatic heterocycles. The summed E-state index contributed by atoms with van der Waals surface area (Å²) < 4.78 is 0.977. The largest absolute Gasteiger partial charge is 0.392 e. The van der Waals surface area contributed by atoms with Gasteiger partial charge in [-0.1, -0.05) is 46.3 Å². The van der Waals surface area contributed by atoms with Crippen LogP contribution in [-0.4, -0.2) is 11.7 Å². The summed E-state index contributed by atoms with van der Waals surface area (Å²) in [5, 5.41) is 8.88. The molecule has 0 fully saturated rings. The Bertz CT molecular complexity index is 277. The van der Waals surface area contributed by atoms with Crippen LogP contribution in [0.4, 0.5) is 0 Å². The van der Waals surface area contributed by atoms with E-state index in [9.17, 15) is 0 Å².